The van der Waals surface area contributed by atoms with Crippen LogP contribution in [-0.4, -0.2) is 11.1 Å². The number of aliphatic carboxylic acids is 1. The molecule has 2 nitrogen and oxygen atoms in total. The van der Waals surface area contributed by atoms with Gasteiger partial charge in [0.05, 0.1) is 6.42 Å². The zero-order valence-corrected chi connectivity index (χ0v) is 12.1. The maximum atomic E-state index is 11.2. The molecule has 22 heavy (non-hydrogen) atoms. The van der Waals surface area contributed by atoms with E-state index in [1.165, 1.54) is 0 Å². The summed E-state index contributed by atoms with van der Waals surface area (Å²) in [4.78, 5) is 11.2. The van der Waals surface area contributed by atoms with Gasteiger partial charge in [0.2, 0.25) is 0 Å². The van der Waals surface area contributed by atoms with Crippen LogP contribution in [0.15, 0.2) is 78.9 Å². The summed E-state index contributed by atoms with van der Waals surface area (Å²) in [5.41, 5.74) is 4.98. The first-order chi connectivity index (χ1) is 10.7. The van der Waals surface area contributed by atoms with Crippen LogP contribution in [0.4, 0.5) is 0 Å². The van der Waals surface area contributed by atoms with Gasteiger partial charge >= 0.3 is 5.97 Å². The second-order valence-corrected chi connectivity index (χ2v) is 5.17. The van der Waals surface area contributed by atoms with Crippen molar-refractivity contribution in [1.29, 1.82) is 0 Å². The van der Waals surface area contributed by atoms with Crippen LogP contribution >= 0.6 is 0 Å². The smallest absolute Gasteiger partial charge is 0.307 e. The molecule has 0 fully saturated rings. The highest BCUT2D eigenvalue weighted by atomic mass is 16.4. The Hall–Kier alpha value is -2.87. The minimum absolute atomic E-state index is 0.0188. The Bertz CT molecular complexity index is 777. The van der Waals surface area contributed by atoms with Crippen molar-refractivity contribution in [2.45, 2.75) is 6.42 Å². The van der Waals surface area contributed by atoms with E-state index in [2.05, 4.69) is 0 Å². The first-order valence-electron chi connectivity index (χ1n) is 7.19. The van der Waals surface area contributed by atoms with Crippen LogP contribution < -0.4 is 0 Å². The molecular weight excluding hydrogens is 272 g/mol. The van der Waals surface area contributed by atoms with Crippen molar-refractivity contribution in [2.24, 2.45) is 0 Å². The fourth-order valence-electron chi connectivity index (χ4n) is 2.61. The van der Waals surface area contributed by atoms with Gasteiger partial charge in [0.15, 0.2) is 0 Å². The van der Waals surface area contributed by atoms with Crippen LogP contribution in [0.2, 0.25) is 0 Å². The van der Waals surface area contributed by atoms with Crippen LogP contribution in [-0.2, 0) is 11.2 Å². The van der Waals surface area contributed by atoms with Crippen LogP contribution in [0.25, 0.3) is 22.3 Å². The van der Waals surface area contributed by atoms with Crippen molar-refractivity contribution < 1.29 is 9.90 Å². The highest BCUT2D eigenvalue weighted by Gasteiger charge is 2.10. The van der Waals surface area contributed by atoms with Crippen molar-refractivity contribution in [2.75, 3.05) is 0 Å². The number of hydrogen-bond acceptors (Lipinski definition) is 1. The average Bonchev–Trinajstić information content (AvgIpc) is 2.56. The molecule has 0 saturated carbocycles. The maximum Gasteiger partial charge on any atom is 0.307 e. The molecule has 0 unspecified atom stereocenters. The number of benzene rings is 3. The summed E-state index contributed by atoms with van der Waals surface area (Å²) in [5, 5.41) is 9.20. The van der Waals surface area contributed by atoms with E-state index in [1.807, 2.05) is 78.9 Å². The highest BCUT2D eigenvalue weighted by Crippen LogP contribution is 2.29. The Kier molecular flexibility index (Phi) is 4.01. The standard InChI is InChI=1S/C20H16O2/c21-20(22)14-18-13-17(15-7-3-1-4-8-15)11-12-19(18)16-9-5-2-6-10-16/h1-13H,14H2,(H,21,22). The molecule has 0 saturated heterocycles. The third-order valence-electron chi connectivity index (χ3n) is 3.64. The molecule has 0 aliphatic carbocycles. The zero-order valence-electron chi connectivity index (χ0n) is 12.1. The molecule has 3 rings (SSSR count). The molecule has 0 aliphatic heterocycles. The summed E-state index contributed by atoms with van der Waals surface area (Å²) in [6.07, 6.45) is 0.0188. The van der Waals surface area contributed by atoms with Crippen molar-refractivity contribution in [1.82, 2.24) is 0 Å². The number of rotatable bonds is 4. The van der Waals surface area contributed by atoms with E-state index in [-0.39, 0.29) is 6.42 Å². The predicted molar refractivity (Wildman–Crippen MR) is 88.7 cm³/mol. The lowest BCUT2D eigenvalue weighted by molar-refractivity contribution is -0.136. The summed E-state index contributed by atoms with van der Waals surface area (Å²) in [6.45, 7) is 0. The van der Waals surface area contributed by atoms with E-state index < -0.39 is 5.97 Å². The first kappa shape index (κ1) is 14.1. The fraction of sp³-hybridized carbons (Fsp3) is 0.0500. The van der Waals surface area contributed by atoms with Crippen molar-refractivity contribution in [3.8, 4) is 22.3 Å². The minimum Gasteiger partial charge on any atom is -0.481 e. The Morgan fingerprint density at radius 1 is 0.727 bits per heavy atom. The van der Waals surface area contributed by atoms with Gasteiger partial charge in [-0.3, -0.25) is 4.79 Å². The molecule has 108 valence electrons. The molecule has 3 aromatic rings. The lowest BCUT2D eigenvalue weighted by atomic mass is 9.93. The molecule has 0 bridgehead atoms. The molecule has 0 radical (unpaired) electrons. The predicted octanol–water partition coefficient (Wildman–Crippen LogP) is 4.65. The van der Waals surface area contributed by atoms with Gasteiger partial charge in [-0.2, -0.15) is 0 Å². The molecule has 0 aliphatic rings. The minimum atomic E-state index is -0.817. The van der Waals surface area contributed by atoms with Crippen molar-refractivity contribution in [3.05, 3.63) is 84.4 Å². The van der Waals surface area contributed by atoms with Gasteiger partial charge in [-0.15, -0.1) is 0 Å². The van der Waals surface area contributed by atoms with E-state index in [4.69, 9.17) is 0 Å². The molecule has 0 spiro atoms. The molecule has 3 aromatic carbocycles. The van der Waals surface area contributed by atoms with Gasteiger partial charge in [0.25, 0.3) is 0 Å². The summed E-state index contributed by atoms with van der Waals surface area (Å²) in [6, 6.07) is 25.9. The number of carbonyl (C=O) groups is 1. The summed E-state index contributed by atoms with van der Waals surface area (Å²) < 4.78 is 0. The van der Waals surface area contributed by atoms with Gasteiger partial charge in [0, 0.05) is 0 Å². The van der Waals surface area contributed by atoms with Gasteiger partial charge in [0.1, 0.15) is 0 Å². The van der Waals surface area contributed by atoms with Crippen molar-refractivity contribution in [3.63, 3.8) is 0 Å². The molecule has 0 amide bonds. The molecular formula is C20H16O2. The monoisotopic (exact) mass is 288 g/mol. The molecule has 0 heterocycles. The zero-order chi connectivity index (χ0) is 15.4. The Labute approximate surface area is 129 Å². The highest BCUT2D eigenvalue weighted by molar-refractivity contribution is 5.79. The van der Waals surface area contributed by atoms with E-state index in [0.717, 1.165) is 27.8 Å². The SMILES string of the molecule is O=C(O)Cc1cc(-c2ccccc2)ccc1-c1ccccc1. The summed E-state index contributed by atoms with van der Waals surface area (Å²) in [7, 11) is 0. The Morgan fingerprint density at radius 3 is 1.91 bits per heavy atom. The lowest BCUT2D eigenvalue weighted by Crippen LogP contribution is -2.02. The normalized spacial score (nSPS) is 10.4. The Balaban J connectivity index is 2.10. The van der Waals surface area contributed by atoms with Crippen LogP contribution in [0.1, 0.15) is 5.56 Å². The number of carboxylic acid groups (broad SMARTS) is 1. The molecule has 1 N–H and O–H groups in total. The average molecular weight is 288 g/mol. The van der Waals surface area contributed by atoms with Crippen LogP contribution in [0, 0.1) is 0 Å². The largest absolute Gasteiger partial charge is 0.481 e. The van der Waals surface area contributed by atoms with Crippen LogP contribution in [0.5, 0.6) is 0 Å². The fourth-order valence-corrected chi connectivity index (χ4v) is 2.61. The quantitative estimate of drug-likeness (QED) is 0.759. The number of carboxylic acids is 1. The molecule has 0 atom stereocenters. The summed E-state index contributed by atoms with van der Waals surface area (Å²) >= 11 is 0. The van der Waals surface area contributed by atoms with E-state index in [0.29, 0.717) is 0 Å². The van der Waals surface area contributed by atoms with Gasteiger partial charge in [-0.25, -0.2) is 0 Å². The van der Waals surface area contributed by atoms with Gasteiger partial charge < -0.3 is 5.11 Å². The van der Waals surface area contributed by atoms with Crippen molar-refractivity contribution >= 4 is 5.97 Å². The summed E-state index contributed by atoms with van der Waals surface area (Å²) in [5.74, 6) is -0.817. The van der Waals surface area contributed by atoms with E-state index in [9.17, 15) is 9.90 Å². The van der Waals surface area contributed by atoms with E-state index >= 15 is 0 Å². The topological polar surface area (TPSA) is 37.3 Å². The van der Waals surface area contributed by atoms with E-state index in [1.54, 1.807) is 0 Å². The van der Waals surface area contributed by atoms with Crippen LogP contribution in [0.3, 0.4) is 0 Å². The third kappa shape index (κ3) is 3.07. The first-order valence-corrected chi connectivity index (χ1v) is 7.19. The second kappa shape index (κ2) is 6.27. The third-order valence-corrected chi connectivity index (χ3v) is 3.64. The number of hydrogen-bond donors (Lipinski definition) is 1. The van der Waals surface area contributed by atoms with Gasteiger partial charge in [-0.1, -0.05) is 72.8 Å². The lowest BCUT2D eigenvalue weighted by Gasteiger charge is -2.11. The molecule has 0 aromatic heterocycles. The maximum absolute atomic E-state index is 11.2. The second-order valence-electron chi connectivity index (χ2n) is 5.17. The Morgan fingerprint density at radius 2 is 1.32 bits per heavy atom. The van der Waals surface area contributed by atoms with Gasteiger partial charge in [-0.05, 0) is 33.9 Å². The molecule has 2 heteroatoms.